The quantitative estimate of drug-likeness (QED) is 0.604. The Hall–Kier alpha value is -1.83. The Bertz CT molecular complexity index is 1030. The summed E-state index contributed by atoms with van der Waals surface area (Å²) in [5.41, 5.74) is 0.129. The highest BCUT2D eigenvalue weighted by Gasteiger charge is 2.50. The van der Waals surface area contributed by atoms with E-state index in [9.17, 15) is 18.0 Å². The number of benzene rings is 1. The maximum absolute atomic E-state index is 13.8. The van der Waals surface area contributed by atoms with Gasteiger partial charge in [0.15, 0.2) is 0 Å². The predicted octanol–water partition coefficient (Wildman–Crippen LogP) is 2.60. The van der Waals surface area contributed by atoms with Crippen LogP contribution in [0.3, 0.4) is 0 Å². The van der Waals surface area contributed by atoms with Gasteiger partial charge in [-0.2, -0.15) is 4.31 Å². The molecule has 2 aliphatic rings. The van der Waals surface area contributed by atoms with Gasteiger partial charge in [-0.3, -0.25) is 9.59 Å². The second-order valence-electron chi connectivity index (χ2n) is 7.93. The fourth-order valence-electron chi connectivity index (χ4n) is 4.48. The summed E-state index contributed by atoms with van der Waals surface area (Å²) in [6, 6.07) is 1.16. The van der Waals surface area contributed by atoms with Crippen LogP contribution in [0.2, 0.25) is 10.0 Å². The summed E-state index contributed by atoms with van der Waals surface area (Å²) in [4.78, 5) is 26.1. The number of terminal acetylenes is 1. The van der Waals surface area contributed by atoms with Crippen molar-refractivity contribution in [1.29, 1.82) is 0 Å². The summed E-state index contributed by atoms with van der Waals surface area (Å²) in [6.45, 7) is 1.98. The van der Waals surface area contributed by atoms with E-state index in [2.05, 4.69) is 11.2 Å². The highest BCUT2D eigenvalue weighted by atomic mass is 35.5. The molecule has 0 saturated carbocycles. The number of piperidine rings is 1. The molecule has 1 aromatic carbocycles. The molecule has 0 aliphatic carbocycles. The smallest absolute Gasteiger partial charge is 0.244 e. The number of halogens is 2. The van der Waals surface area contributed by atoms with Crippen LogP contribution < -0.4 is 5.32 Å². The normalized spacial score (nSPS) is 24.0. The lowest BCUT2D eigenvalue weighted by Crippen LogP contribution is -2.55. The van der Waals surface area contributed by atoms with E-state index in [-0.39, 0.29) is 45.6 Å². The van der Waals surface area contributed by atoms with Crippen LogP contribution >= 0.6 is 23.2 Å². The molecule has 0 spiro atoms. The largest absolute Gasteiger partial charge is 0.384 e. The van der Waals surface area contributed by atoms with Gasteiger partial charge in [-0.15, -0.1) is 6.42 Å². The Kier molecular flexibility index (Phi) is 7.73. The Morgan fingerprint density at radius 3 is 2.53 bits per heavy atom. The number of anilines is 1. The Labute approximate surface area is 198 Å². The standard InChI is InChI=1S/C21H25Cl2N3O5S/c1-4-8-25-11-14(12-31-3)18-6-5-7-19(21(25)28)26(18)32(29,30)15-9-16(22)20(17(23)10-15)24-13(2)27/h1,9-10,14,18-19H,5-8,11-12H2,2-3H3,(H,24,27)/t14-,18?,19?/m1/s1. The van der Waals surface area contributed by atoms with Crippen LogP contribution in [-0.2, 0) is 24.3 Å². The number of hydrogen-bond acceptors (Lipinski definition) is 5. The average Bonchev–Trinajstić information content (AvgIpc) is 2.79. The molecule has 11 heteroatoms. The average molecular weight is 502 g/mol. The predicted molar refractivity (Wildman–Crippen MR) is 122 cm³/mol. The first kappa shape index (κ1) is 24.8. The summed E-state index contributed by atoms with van der Waals surface area (Å²) in [7, 11) is -2.62. The van der Waals surface area contributed by atoms with E-state index in [1.165, 1.54) is 35.4 Å². The molecule has 3 atom stereocenters. The third-order valence-electron chi connectivity index (χ3n) is 5.76. The number of nitrogens with one attached hydrogen (secondary N) is 1. The van der Waals surface area contributed by atoms with Crippen LogP contribution in [0.25, 0.3) is 0 Å². The van der Waals surface area contributed by atoms with Crippen molar-refractivity contribution in [3.8, 4) is 12.3 Å². The molecule has 2 unspecified atom stereocenters. The molecule has 8 nitrogen and oxygen atoms in total. The van der Waals surface area contributed by atoms with Crippen LogP contribution in [0.15, 0.2) is 17.0 Å². The van der Waals surface area contributed by atoms with Crippen molar-refractivity contribution in [1.82, 2.24) is 9.21 Å². The summed E-state index contributed by atoms with van der Waals surface area (Å²) in [5.74, 6) is 1.53. The van der Waals surface area contributed by atoms with E-state index in [1.54, 1.807) is 0 Å². The second-order valence-corrected chi connectivity index (χ2v) is 10.6. The second kappa shape index (κ2) is 9.98. The van der Waals surface area contributed by atoms with Crippen molar-refractivity contribution < 1.29 is 22.7 Å². The molecule has 0 aromatic heterocycles. The number of carbonyl (C=O) groups excluding carboxylic acids is 2. The zero-order valence-electron chi connectivity index (χ0n) is 17.8. The molecule has 1 aromatic rings. The molecule has 174 valence electrons. The number of sulfonamides is 1. The van der Waals surface area contributed by atoms with Crippen LogP contribution in [0.4, 0.5) is 5.69 Å². The number of ether oxygens (including phenoxy) is 1. The molecule has 0 radical (unpaired) electrons. The lowest BCUT2D eigenvalue weighted by atomic mass is 9.91. The molecule has 32 heavy (non-hydrogen) atoms. The SMILES string of the molecule is C#CCN1C[C@H](COC)C2CCCC(C1=O)N2S(=O)(=O)c1cc(Cl)c(NC(C)=O)c(Cl)c1. The zero-order chi connectivity index (χ0) is 23.6. The van der Waals surface area contributed by atoms with Crippen LogP contribution in [0.5, 0.6) is 0 Å². The van der Waals surface area contributed by atoms with Crippen molar-refractivity contribution in [3.63, 3.8) is 0 Å². The van der Waals surface area contributed by atoms with Gasteiger partial charge in [-0.25, -0.2) is 8.42 Å². The monoisotopic (exact) mass is 501 g/mol. The molecule has 2 heterocycles. The van der Waals surface area contributed by atoms with Gasteiger partial charge < -0.3 is 15.0 Å². The van der Waals surface area contributed by atoms with Gasteiger partial charge in [-0.1, -0.05) is 29.1 Å². The van der Waals surface area contributed by atoms with Crippen LogP contribution in [-0.4, -0.2) is 68.3 Å². The number of rotatable bonds is 6. The number of hydrogen-bond donors (Lipinski definition) is 1. The fourth-order valence-corrected chi connectivity index (χ4v) is 7.13. The minimum Gasteiger partial charge on any atom is -0.384 e. The summed E-state index contributed by atoms with van der Waals surface area (Å²) in [6.07, 6.45) is 7.14. The Morgan fingerprint density at radius 1 is 1.31 bits per heavy atom. The van der Waals surface area contributed by atoms with Crippen LogP contribution in [0.1, 0.15) is 26.2 Å². The van der Waals surface area contributed by atoms with E-state index in [0.29, 0.717) is 25.8 Å². The van der Waals surface area contributed by atoms with E-state index in [0.717, 1.165) is 0 Å². The van der Waals surface area contributed by atoms with E-state index in [1.807, 2.05) is 0 Å². The number of fused-ring (bicyclic) bond motifs is 2. The molecule has 2 amide bonds. The summed E-state index contributed by atoms with van der Waals surface area (Å²) in [5, 5.41) is 2.46. The van der Waals surface area contributed by atoms with E-state index < -0.39 is 28.0 Å². The van der Waals surface area contributed by atoms with Crippen molar-refractivity contribution in [2.75, 3.05) is 32.1 Å². The van der Waals surface area contributed by atoms with Gasteiger partial charge >= 0.3 is 0 Å². The maximum Gasteiger partial charge on any atom is 0.244 e. The molecule has 2 saturated heterocycles. The first-order valence-corrected chi connectivity index (χ1v) is 12.3. The van der Waals surface area contributed by atoms with Gasteiger partial charge in [0.05, 0.1) is 33.8 Å². The Balaban J connectivity index is 2.10. The highest BCUT2D eigenvalue weighted by Crippen LogP contribution is 2.40. The molecule has 3 rings (SSSR count). The topological polar surface area (TPSA) is 96.0 Å². The molecular formula is C21H25Cl2N3O5S. The van der Waals surface area contributed by atoms with Crippen molar-refractivity contribution in [3.05, 3.63) is 22.2 Å². The fraction of sp³-hybridized carbons (Fsp3) is 0.524. The van der Waals surface area contributed by atoms with Crippen molar-refractivity contribution in [2.45, 2.75) is 43.2 Å². The third-order valence-corrected chi connectivity index (χ3v) is 8.27. The third kappa shape index (κ3) is 4.75. The molecule has 2 fully saturated rings. The number of nitrogens with zero attached hydrogens (tertiary/aromatic N) is 2. The molecule has 2 aliphatic heterocycles. The van der Waals surface area contributed by atoms with E-state index in [4.69, 9.17) is 34.4 Å². The first-order chi connectivity index (χ1) is 15.1. The minimum absolute atomic E-state index is 0.0139. The molecule has 2 bridgehead atoms. The van der Waals surface area contributed by atoms with Gasteiger partial charge in [0.1, 0.15) is 6.04 Å². The number of methoxy groups -OCH3 is 1. The number of carbonyl (C=O) groups is 2. The van der Waals surface area contributed by atoms with Gasteiger partial charge in [0.2, 0.25) is 21.8 Å². The summed E-state index contributed by atoms with van der Waals surface area (Å²) >= 11 is 12.5. The van der Waals surface area contributed by atoms with Gasteiger partial charge in [-0.05, 0) is 31.4 Å². The highest BCUT2D eigenvalue weighted by molar-refractivity contribution is 7.89. The molecular weight excluding hydrogens is 477 g/mol. The minimum atomic E-state index is -4.16. The van der Waals surface area contributed by atoms with Crippen molar-refractivity contribution in [2.24, 2.45) is 5.92 Å². The zero-order valence-corrected chi connectivity index (χ0v) is 20.1. The number of amides is 2. The van der Waals surface area contributed by atoms with Crippen LogP contribution in [0, 0.1) is 18.3 Å². The Morgan fingerprint density at radius 2 is 1.97 bits per heavy atom. The van der Waals surface area contributed by atoms with E-state index >= 15 is 0 Å². The first-order valence-electron chi connectivity index (χ1n) is 10.1. The lowest BCUT2D eigenvalue weighted by Gasteiger charge is -2.40. The van der Waals surface area contributed by atoms with Crippen molar-refractivity contribution >= 4 is 50.7 Å². The lowest BCUT2D eigenvalue weighted by molar-refractivity contribution is -0.134. The maximum atomic E-state index is 13.8. The van der Waals surface area contributed by atoms with Gasteiger partial charge in [0, 0.05) is 32.5 Å². The molecule has 1 N–H and O–H groups in total. The van der Waals surface area contributed by atoms with Gasteiger partial charge in [0.25, 0.3) is 0 Å². The summed E-state index contributed by atoms with van der Waals surface area (Å²) < 4.78 is 34.3.